The summed E-state index contributed by atoms with van der Waals surface area (Å²) in [6.45, 7) is 11.0. The zero-order valence-electron chi connectivity index (χ0n) is 16.6. The third-order valence-electron chi connectivity index (χ3n) is 6.33. The summed E-state index contributed by atoms with van der Waals surface area (Å²) in [6, 6.07) is 12.1. The second-order valence-electron chi connectivity index (χ2n) is 8.30. The molecule has 0 unspecified atom stereocenters. The van der Waals surface area contributed by atoms with Crippen LogP contribution in [-0.2, 0) is 6.54 Å². The average molecular weight is 387 g/mol. The Morgan fingerprint density at radius 3 is 2.79 bits per heavy atom. The van der Waals surface area contributed by atoms with Crippen molar-refractivity contribution in [3.63, 3.8) is 0 Å². The number of imidazole rings is 1. The minimum atomic E-state index is 0.231. The van der Waals surface area contributed by atoms with Crippen molar-refractivity contribution in [2.24, 2.45) is 0 Å². The van der Waals surface area contributed by atoms with E-state index in [2.05, 4.69) is 42.8 Å². The fourth-order valence-corrected chi connectivity index (χ4v) is 4.88. The van der Waals surface area contributed by atoms with E-state index in [1.807, 2.05) is 18.2 Å². The minimum absolute atomic E-state index is 0.231. The highest BCUT2D eigenvalue weighted by Crippen LogP contribution is 2.33. The first kappa shape index (κ1) is 18.1. The van der Waals surface area contributed by atoms with Crippen LogP contribution in [0.4, 0.5) is 11.6 Å². The molecule has 5 rings (SSSR count). The van der Waals surface area contributed by atoms with Crippen LogP contribution in [0.3, 0.4) is 0 Å². The van der Waals surface area contributed by atoms with Crippen LogP contribution < -0.4 is 10.2 Å². The molecule has 29 heavy (non-hydrogen) atoms. The van der Waals surface area contributed by atoms with Crippen molar-refractivity contribution in [2.45, 2.75) is 44.2 Å². The van der Waals surface area contributed by atoms with E-state index in [0.717, 1.165) is 42.3 Å². The smallest absolute Gasteiger partial charge is 0.206 e. The first-order chi connectivity index (χ1) is 14.3. The van der Waals surface area contributed by atoms with E-state index in [-0.39, 0.29) is 5.54 Å². The average Bonchev–Trinajstić information content (AvgIpc) is 3.13. The van der Waals surface area contributed by atoms with Gasteiger partial charge in [0, 0.05) is 24.8 Å². The molecule has 0 amide bonds. The highest BCUT2D eigenvalue weighted by molar-refractivity contribution is 5.79. The van der Waals surface area contributed by atoms with Gasteiger partial charge in [-0.05, 0) is 50.4 Å². The van der Waals surface area contributed by atoms with Crippen LogP contribution in [0, 0.1) is 6.57 Å². The number of anilines is 1. The molecule has 1 spiro atoms. The van der Waals surface area contributed by atoms with Gasteiger partial charge in [0.2, 0.25) is 11.6 Å². The summed E-state index contributed by atoms with van der Waals surface area (Å²) in [5.74, 6) is 1.04. The molecule has 1 N–H and O–H groups in total. The quantitative estimate of drug-likeness (QED) is 0.687. The topological polar surface area (TPSA) is 50.3 Å². The van der Waals surface area contributed by atoms with E-state index in [9.17, 15) is 0 Å². The molecule has 4 heterocycles. The number of nitrogens with one attached hydrogen (secondary N) is 1. The normalized spacial score (nSPS) is 22.1. The van der Waals surface area contributed by atoms with Gasteiger partial charge in [-0.1, -0.05) is 24.6 Å². The van der Waals surface area contributed by atoms with Gasteiger partial charge in [-0.25, -0.2) is 9.83 Å². The standard InChI is InChI=1S/C23H26N6/c1-24-18-9-10-19(25-15-18)16-29-21-8-3-2-7-20(21)27-22(29)28-14-6-12-23(17-28)11-4-5-13-26-23/h2-3,7-10,15,26H,4-6,11-14,16-17H2/t23-/m0/s1. The van der Waals surface area contributed by atoms with E-state index in [1.165, 1.54) is 32.1 Å². The number of fused-ring (bicyclic) bond motifs is 1. The molecule has 2 fully saturated rings. The van der Waals surface area contributed by atoms with Gasteiger partial charge < -0.3 is 14.8 Å². The summed E-state index contributed by atoms with van der Waals surface area (Å²) >= 11 is 0. The van der Waals surface area contributed by atoms with E-state index in [1.54, 1.807) is 6.20 Å². The van der Waals surface area contributed by atoms with E-state index in [4.69, 9.17) is 11.6 Å². The van der Waals surface area contributed by atoms with Gasteiger partial charge in [-0.2, -0.15) is 0 Å². The van der Waals surface area contributed by atoms with Gasteiger partial charge in [0.1, 0.15) is 0 Å². The Morgan fingerprint density at radius 2 is 2.00 bits per heavy atom. The number of piperidine rings is 2. The third kappa shape index (κ3) is 3.47. The maximum Gasteiger partial charge on any atom is 0.206 e. The van der Waals surface area contributed by atoms with Crippen LogP contribution in [-0.4, -0.2) is 39.7 Å². The summed E-state index contributed by atoms with van der Waals surface area (Å²) in [7, 11) is 0. The largest absolute Gasteiger partial charge is 0.340 e. The molecule has 3 aromatic rings. The molecular weight excluding hydrogens is 360 g/mol. The lowest BCUT2D eigenvalue weighted by atomic mass is 9.82. The second kappa shape index (κ2) is 7.49. The third-order valence-corrected chi connectivity index (χ3v) is 6.33. The van der Waals surface area contributed by atoms with Crippen molar-refractivity contribution in [1.82, 2.24) is 19.9 Å². The molecule has 2 saturated heterocycles. The van der Waals surface area contributed by atoms with Gasteiger partial charge in [-0.3, -0.25) is 4.98 Å². The van der Waals surface area contributed by atoms with Crippen molar-refractivity contribution >= 4 is 22.7 Å². The lowest BCUT2D eigenvalue weighted by Gasteiger charge is -2.46. The minimum Gasteiger partial charge on any atom is -0.340 e. The lowest BCUT2D eigenvalue weighted by Crippen LogP contribution is -2.59. The highest BCUT2D eigenvalue weighted by Gasteiger charge is 2.37. The number of hydrogen-bond donors (Lipinski definition) is 1. The van der Waals surface area contributed by atoms with Gasteiger partial charge >= 0.3 is 0 Å². The Bertz CT molecular complexity index is 1030. The molecule has 2 aliphatic rings. The summed E-state index contributed by atoms with van der Waals surface area (Å²) in [5, 5.41) is 3.83. The number of pyridine rings is 1. The van der Waals surface area contributed by atoms with Crippen LogP contribution in [0.25, 0.3) is 15.9 Å². The van der Waals surface area contributed by atoms with E-state index in [0.29, 0.717) is 12.2 Å². The van der Waals surface area contributed by atoms with Crippen LogP contribution in [0.2, 0.25) is 0 Å². The zero-order valence-corrected chi connectivity index (χ0v) is 16.6. The van der Waals surface area contributed by atoms with Crippen molar-refractivity contribution in [3.8, 4) is 0 Å². The summed E-state index contributed by atoms with van der Waals surface area (Å²) in [4.78, 5) is 15.5. The fraction of sp³-hybridized carbons (Fsp3) is 0.435. The fourth-order valence-electron chi connectivity index (χ4n) is 4.88. The van der Waals surface area contributed by atoms with Crippen LogP contribution >= 0.6 is 0 Å². The Morgan fingerprint density at radius 1 is 1.10 bits per heavy atom. The predicted octanol–water partition coefficient (Wildman–Crippen LogP) is 4.14. The molecule has 0 bridgehead atoms. The Labute approximate surface area is 171 Å². The monoisotopic (exact) mass is 386 g/mol. The molecule has 6 heteroatoms. The second-order valence-corrected chi connectivity index (χ2v) is 8.30. The molecule has 0 aliphatic carbocycles. The first-order valence-corrected chi connectivity index (χ1v) is 10.5. The number of benzene rings is 1. The van der Waals surface area contributed by atoms with Crippen LogP contribution in [0.1, 0.15) is 37.8 Å². The van der Waals surface area contributed by atoms with Crippen molar-refractivity contribution in [1.29, 1.82) is 0 Å². The highest BCUT2D eigenvalue weighted by atomic mass is 15.3. The summed E-state index contributed by atoms with van der Waals surface area (Å²) < 4.78 is 2.29. The first-order valence-electron chi connectivity index (χ1n) is 10.5. The lowest BCUT2D eigenvalue weighted by molar-refractivity contribution is 0.215. The number of nitrogens with zero attached hydrogens (tertiary/aromatic N) is 5. The summed E-state index contributed by atoms with van der Waals surface area (Å²) in [6.07, 6.45) is 7.95. The van der Waals surface area contributed by atoms with E-state index < -0.39 is 0 Å². The Balaban J connectivity index is 1.51. The maximum atomic E-state index is 7.14. The van der Waals surface area contributed by atoms with E-state index >= 15 is 0 Å². The zero-order chi connectivity index (χ0) is 19.7. The number of aromatic nitrogens is 3. The van der Waals surface area contributed by atoms with Gasteiger partial charge in [0.05, 0.1) is 29.8 Å². The molecule has 0 radical (unpaired) electrons. The number of para-hydroxylation sites is 2. The maximum absolute atomic E-state index is 7.14. The van der Waals surface area contributed by atoms with Gasteiger partial charge in [-0.15, -0.1) is 0 Å². The van der Waals surface area contributed by atoms with Crippen LogP contribution in [0.5, 0.6) is 0 Å². The molecule has 6 nitrogen and oxygen atoms in total. The summed E-state index contributed by atoms with van der Waals surface area (Å²) in [5.41, 5.74) is 3.91. The van der Waals surface area contributed by atoms with Crippen molar-refractivity contribution in [3.05, 3.63) is 59.7 Å². The molecule has 2 aromatic heterocycles. The molecule has 2 aliphatic heterocycles. The van der Waals surface area contributed by atoms with Gasteiger partial charge in [0.15, 0.2) is 0 Å². The number of rotatable bonds is 3. The van der Waals surface area contributed by atoms with Crippen molar-refractivity contribution < 1.29 is 0 Å². The Hall–Kier alpha value is -2.91. The molecule has 148 valence electrons. The predicted molar refractivity (Wildman–Crippen MR) is 115 cm³/mol. The van der Waals surface area contributed by atoms with Crippen molar-refractivity contribution in [2.75, 3.05) is 24.5 Å². The van der Waals surface area contributed by atoms with Crippen LogP contribution in [0.15, 0.2) is 42.6 Å². The molecule has 1 aromatic carbocycles. The Kier molecular flexibility index (Phi) is 4.69. The molecular formula is C23H26N6. The van der Waals surface area contributed by atoms with Gasteiger partial charge in [0.25, 0.3) is 0 Å². The number of hydrogen-bond acceptors (Lipinski definition) is 4. The molecule has 1 atom stereocenters. The SMILES string of the molecule is [C-]#[N+]c1ccc(Cn2c(N3CCC[C@@]4(CCCCN4)C3)nc3ccccc32)nc1. The molecule has 0 saturated carbocycles.